The van der Waals surface area contributed by atoms with E-state index in [4.69, 9.17) is 19.3 Å². The number of esters is 1. The summed E-state index contributed by atoms with van der Waals surface area (Å²) in [7, 11) is -4.72. The summed E-state index contributed by atoms with van der Waals surface area (Å²) in [6.07, 6.45) is 36.5. The molecule has 0 fully saturated rings. The van der Waals surface area contributed by atoms with Crippen LogP contribution in [0, 0.1) is 0 Å². The second kappa shape index (κ2) is 36.3. The van der Waals surface area contributed by atoms with Gasteiger partial charge in [-0.2, -0.15) is 0 Å². The molecule has 288 valence electrons. The summed E-state index contributed by atoms with van der Waals surface area (Å²) in [5, 5.41) is 10.3. The van der Waals surface area contributed by atoms with Gasteiger partial charge in [-0.15, -0.1) is 0 Å². The lowest BCUT2D eigenvalue weighted by Crippen LogP contribution is -2.30. The number of rotatable bonds is 39. The third-order valence-corrected chi connectivity index (χ3v) is 9.73. The van der Waals surface area contributed by atoms with Crippen LogP contribution in [-0.2, 0) is 23.4 Å². The zero-order chi connectivity index (χ0) is 35.4. The predicted octanol–water partition coefficient (Wildman–Crippen LogP) is 11.9. The van der Waals surface area contributed by atoms with Crippen LogP contribution in [-0.4, -0.2) is 46.5 Å². The fourth-order valence-electron chi connectivity index (χ4n) is 6.17. The van der Waals surface area contributed by atoms with Crippen molar-refractivity contribution in [2.75, 3.05) is 13.2 Å². The molecule has 0 amide bonds. The number of phosphoric acid groups is 1. The van der Waals surface area contributed by atoms with Gasteiger partial charge in [-0.1, -0.05) is 194 Å². The summed E-state index contributed by atoms with van der Waals surface area (Å²) in [4.78, 5) is 30.6. The van der Waals surface area contributed by atoms with Gasteiger partial charge < -0.3 is 24.4 Å². The number of phosphoric ester groups is 1. The molecule has 0 aromatic rings. The Hall–Kier alpha value is -0.500. The summed E-state index contributed by atoms with van der Waals surface area (Å²) in [5.74, 6) is -0.440. The molecule has 0 heterocycles. The zero-order valence-electron chi connectivity index (χ0n) is 31.5. The molecule has 48 heavy (non-hydrogen) atoms. The Balaban J connectivity index is 3.87. The van der Waals surface area contributed by atoms with Crippen molar-refractivity contribution in [3.05, 3.63) is 0 Å². The molecule has 3 N–H and O–H groups in total. The highest BCUT2D eigenvalue weighted by molar-refractivity contribution is 7.46. The number of carbonyl (C=O) groups is 1. The molecule has 0 aliphatic heterocycles. The summed E-state index contributed by atoms with van der Waals surface area (Å²) in [6.45, 7) is 3.86. The molecule has 0 spiro atoms. The number of carbonyl (C=O) groups excluding carboxylic acids is 1. The first-order valence-electron chi connectivity index (χ1n) is 20.5. The van der Waals surface area contributed by atoms with E-state index in [1.54, 1.807) is 0 Å². The minimum absolute atomic E-state index is 0.176. The standard InChI is InChI=1S/C39H79O8P/c1-3-5-7-9-11-13-15-17-19-21-23-25-27-29-31-33-38(40)45-35-37(36-46-48(42,43)44)47-39(41)34-32-30-28-26-24-22-20-18-16-14-12-10-8-6-4-2/h37-38,40H,3-36H2,1-2H3,(H2,42,43,44). The average molecular weight is 707 g/mol. The lowest BCUT2D eigenvalue weighted by atomic mass is 10.0. The third kappa shape index (κ3) is 38.3. The highest BCUT2D eigenvalue weighted by Crippen LogP contribution is 2.36. The maximum Gasteiger partial charge on any atom is 0.469 e. The first-order chi connectivity index (χ1) is 23.3. The number of hydrogen-bond donors (Lipinski definition) is 3. The van der Waals surface area contributed by atoms with E-state index < -0.39 is 32.8 Å². The van der Waals surface area contributed by atoms with Gasteiger partial charge in [0.2, 0.25) is 0 Å². The van der Waals surface area contributed by atoms with Crippen molar-refractivity contribution in [1.82, 2.24) is 0 Å². The van der Waals surface area contributed by atoms with Crippen molar-refractivity contribution in [1.29, 1.82) is 0 Å². The van der Waals surface area contributed by atoms with Crippen LogP contribution >= 0.6 is 7.82 Å². The molecular weight excluding hydrogens is 627 g/mol. The van der Waals surface area contributed by atoms with Gasteiger partial charge in [0.05, 0.1) is 13.2 Å². The Kier molecular flexibility index (Phi) is 35.9. The normalized spacial score (nSPS) is 13.2. The van der Waals surface area contributed by atoms with E-state index in [0.717, 1.165) is 32.1 Å². The van der Waals surface area contributed by atoms with Crippen LogP contribution < -0.4 is 0 Å². The fourth-order valence-corrected chi connectivity index (χ4v) is 6.53. The summed E-state index contributed by atoms with van der Waals surface area (Å²) >= 11 is 0. The molecule has 2 unspecified atom stereocenters. The van der Waals surface area contributed by atoms with E-state index in [-0.39, 0.29) is 13.0 Å². The maximum absolute atomic E-state index is 12.4. The minimum atomic E-state index is -4.72. The molecule has 0 aromatic carbocycles. The third-order valence-electron chi connectivity index (χ3n) is 9.24. The van der Waals surface area contributed by atoms with Crippen molar-refractivity contribution in [3.8, 4) is 0 Å². The van der Waals surface area contributed by atoms with E-state index in [1.807, 2.05) is 0 Å². The first-order valence-corrected chi connectivity index (χ1v) is 22.0. The van der Waals surface area contributed by atoms with Crippen LogP contribution in [0.15, 0.2) is 0 Å². The van der Waals surface area contributed by atoms with Crippen LogP contribution in [0.3, 0.4) is 0 Å². The minimum Gasteiger partial charge on any atom is -0.457 e. The van der Waals surface area contributed by atoms with Crippen molar-refractivity contribution in [3.63, 3.8) is 0 Å². The van der Waals surface area contributed by atoms with Crippen LogP contribution in [0.25, 0.3) is 0 Å². The number of aliphatic hydroxyl groups excluding tert-OH is 1. The zero-order valence-corrected chi connectivity index (χ0v) is 32.4. The van der Waals surface area contributed by atoms with Crippen molar-refractivity contribution in [2.24, 2.45) is 0 Å². The monoisotopic (exact) mass is 707 g/mol. The van der Waals surface area contributed by atoms with E-state index in [0.29, 0.717) is 12.8 Å². The smallest absolute Gasteiger partial charge is 0.457 e. The van der Waals surface area contributed by atoms with Crippen LogP contribution in [0.5, 0.6) is 0 Å². The maximum atomic E-state index is 12.4. The lowest BCUT2D eigenvalue weighted by Gasteiger charge is -2.20. The van der Waals surface area contributed by atoms with Crippen LogP contribution in [0.4, 0.5) is 0 Å². The van der Waals surface area contributed by atoms with Gasteiger partial charge in [-0.3, -0.25) is 9.32 Å². The molecule has 0 radical (unpaired) electrons. The topological polar surface area (TPSA) is 123 Å². The molecule has 0 saturated heterocycles. The molecule has 0 aliphatic rings. The van der Waals surface area contributed by atoms with Gasteiger partial charge in [0.1, 0.15) is 6.10 Å². The molecule has 2 atom stereocenters. The van der Waals surface area contributed by atoms with Gasteiger partial charge >= 0.3 is 13.8 Å². The number of hydrogen-bond acceptors (Lipinski definition) is 6. The Morgan fingerprint density at radius 1 is 0.521 bits per heavy atom. The van der Waals surface area contributed by atoms with Gasteiger partial charge in [-0.25, -0.2) is 4.57 Å². The molecule has 0 aliphatic carbocycles. The lowest BCUT2D eigenvalue weighted by molar-refractivity contribution is -0.166. The molecule has 0 rings (SSSR count). The average Bonchev–Trinajstić information content (AvgIpc) is 3.05. The van der Waals surface area contributed by atoms with Gasteiger partial charge in [-0.05, 0) is 19.3 Å². The summed E-state index contributed by atoms with van der Waals surface area (Å²) < 4.78 is 26.6. The van der Waals surface area contributed by atoms with E-state index in [9.17, 15) is 14.5 Å². The van der Waals surface area contributed by atoms with E-state index >= 15 is 0 Å². The molecule has 0 saturated carbocycles. The largest absolute Gasteiger partial charge is 0.469 e. The molecule has 9 heteroatoms. The van der Waals surface area contributed by atoms with Crippen LogP contribution in [0.1, 0.15) is 219 Å². The SMILES string of the molecule is CCCCCCCCCCCCCCCCCC(=O)OC(COC(O)CCCCCCCCCCCCCCCCC)COP(=O)(O)O. The summed E-state index contributed by atoms with van der Waals surface area (Å²) in [6, 6.07) is 0. The Labute approximate surface area is 296 Å². The van der Waals surface area contributed by atoms with Crippen molar-refractivity contribution < 1.29 is 38.3 Å². The quantitative estimate of drug-likeness (QED) is 0.0250. The Morgan fingerprint density at radius 3 is 1.21 bits per heavy atom. The van der Waals surface area contributed by atoms with Gasteiger partial charge in [0.25, 0.3) is 0 Å². The molecule has 0 bridgehead atoms. The van der Waals surface area contributed by atoms with Gasteiger partial charge in [0.15, 0.2) is 6.29 Å². The second-order valence-corrected chi connectivity index (χ2v) is 15.4. The summed E-state index contributed by atoms with van der Waals surface area (Å²) in [5.41, 5.74) is 0. The second-order valence-electron chi connectivity index (χ2n) is 14.1. The molecular formula is C39H79O8P. The first kappa shape index (κ1) is 47.5. The highest BCUT2D eigenvalue weighted by atomic mass is 31.2. The molecule has 8 nitrogen and oxygen atoms in total. The number of aliphatic hydroxyl groups is 1. The Bertz CT molecular complexity index is 716. The van der Waals surface area contributed by atoms with E-state index in [2.05, 4.69) is 18.4 Å². The van der Waals surface area contributed by atoms with Crippen LogP contribution in [0.2, 0.25) is 0 Å². The molecule has 0 aromatic heterocycles. The number of unbranched alkanes of at least 4 members (excludes halogenated alkanes) is 28. The Morgan fingerprint density at radius 2 is 0.854 bits per heavy atom. The fraction of sp³-hybridized carbons (Fsp3) is 0.974. The number of ether oxygens (including phenoxy) is 2. The van der Waals surface area contributed by atoms with Gasteiger partial charge in [0, 0.05) is 6.42 Å². The van der Waals surface area contributed by atoms with Crippen molar-refractivity contribution in [2.45, 2.75) is 232 Å². The van der Waals surface area contributed by atoms with E-state index in [1.165, 1.54) is 154 Å². The van der Waals surface area contributed by atoms with Crippen molar-refractivity contribution >= 4 is 13.8 Å². The predicted molar refractivity (Wildman–Crippen MR) is 199 cm³/mol. The highest BCUT2D eigenvalue weighted by Gasteiger charge is 2.22.